The average molecular weight is 833 g/mol. The quantitative estimate of drug-likeness (QED) is 0.0120. The Labute approximate surface area is 354 Å². The Morgan fingerprint density at radius 2 is 1.22 bits per heavy atom. The van der Waals surface area contributed by atoms with E-state index in [4.69, 9.17) is 18.5 Å². The molecule has 0 aromatic rings. The number of nitrogens with zero attached hydrogens (tertiary/aromatic N) is 1. The highest BCUT2D eigenvalue weighted by Crippen LogP contribution is 2.43. The number of aliphatic hydroxyl groups is 1. The van der Waals surface area contributed by atoms with Crippen LogP contribution in [0.15, 0.2) is 97.4 Å². The van der Waals surface area contributed by atoms with Crippen LogP contribution in [0.4, 0.5) is 0 Å². The monoisotopic (exact) mass is 833 g/mol. The Bertz CT molecular complexity index is 1260. The molecule has 0 aliphatic rings. The van der Waals surface area contributed by atoms with Crippen LogP contribution in [-0.4, -0.2) is 80.2 Å². The maximum atomic E-state index is 12.5. The standard InChI is InChI=1S/C48H82NO8P/c1-6-8-10-11-12-13-14-15-16-17-21-24-27-30-33-37-42-54-47(45-57-58(52,53)56-43-41-49(3,4)5)44-55-48(51)40-36-32-29-26-23-20-18-19-22-25-28-31-35-39-46(50)38-34-9-7-2/h9,15-16,19-20,22-23,28-29,31-32,34-35,37,39,42,46-47,50H,6-8,10-14,17-18,21,24-27,30,33,36,38,40-41,43-45H2,1-5H3/p+1/b16-15-,22-19-,23-20-,31-28+,32-29-,34-9-,39-35+,42-37+/t46?,47-/m1/s1. The minimum Gasteiger partial charge on any atom is -0.492 e. The molecule has 0 fully saturated rings. The van der Waals surface area contributed by atoms with Crippen molar-refractivity contribution in [3.05, 3.63) is 97.4 Å². The van der Waals surface area contributed by atoms with Gasteiger partial charge in [0.15, 0.2) is 6.10 Å². The van der Waals surface area contributed by atoms with Crippen LogP contribution in [0.2, 0.25) is 0 Å². The van der Waals surface area contributed by atoms with E-state index in [1.807, 2.05) is 57.6 Å². The zero-order valence-electron chi connectivity index (χ0n) is 37.1. The zero-order valence-corrected chi connectivity index (χ0v) is 38.0. The van der Waals surface area contributed by atoms with Crippen molar-refractivity contribution in [2.24, 2.45) is 0 Å². The number of allylic oxidation sites excluding steroid dienone is 13. The highest BCUT2D eigenvalue weighted by atomic mass is 31.2. The molecule has 0 heterocycles. The van der Waals surface area contributed by atoms with Gasteiger partial charge in [0.25, 0.3) is 0 Å². The fourth-order valence-corrected chi connectivity index (χ4v) is 6.03. The average Bonchev–Trinajstić information content (AvgIpc) is 3.17. The van der Waals surface area contributed by atoms with Crippen LogP contribution in [0, 0.1) is 0 Å². The molecule has 0 bridgehead atoms. The van der Waals surface area contributed by atoms with E-state index in [-0.39, 0.29) is 32.2 Å². The molecule has 0 radical (unpaired) electrons. The molecule has 0 aliphatic heterocycles. The van der Waals surface area contributed by atoms with Crippen LogP contribution >= 0.6 is 7.82 Å². The molecular formula is C48H83NO8P+. The largest absolute Gasteiger partial charge is 0.492 e. The van der Waals surface area contributed by atoms with E-state index in [2.05, 4.69) is 62.5 Å². The highest BCUT2D eigenvalue weighted by Gasteiger charge is 2.25. The number of esters is 1. The lowest BCUT2D eigenvalue weighted by Gasteiger charge is -2.24. The Hall–Kier alpha value is -2.78. The van der Waals surface area contributed by atoms with Gasteiger partial charge in [0.2, 0.25) is 0 Å². The van der Waals surface area contributed by atoms with E-state index in [1.165, 1.54) is 57.8 Å². The molecule has 0 saturated carbocycles. The molecule has 332 valence electrons. The van der Waals surface area contributed by atoms with E-state index in [0.29, 0.717) is 23.9 Å². The van der Waals surface area contributed by atoms with Crippen molar-refractivity contribution in [3.63, 3.8) is 0 Å². The molecule has 0 aromatic carbocycles. The van der Waals surface area contributed by atoms with Crippen molar-refractivity contribution in [3.8, 4) is 0 Å². The van der Waals surface area contributed by atoms with Gasteiger partial charge < -0.3 is 24.0 Å². The number of rotatable bonds is 39. The first kappa shape index (κ1) is 55.2. The minimum atomic E-state index is -4.30. The van der Waals surface area contributed by atoms with Gasteiger partial charge in [-0.25, -0.2) is 4.57 Å². The van der Waals surface area contributed by atoms with Crippen molar-refractivity contribution in [2.45, 2.75) is 154 Å². The lowest BCUT2D eigenvalue weighted by atomic mass is 10.1. The number of phosphoric acid groups is 1. The van der Waals surface area contributed by atoms with E-state index in [1.54, 1.807) is 12.3 Å². The zero-order chi connectivity index (χ0) is 42.8. The number of ether oxygens (including phenoxy) is 2. The van der Waals surface area contributed by atoms with Crippen LogP contribution in [0.25, 0.3) is 0 Å². The maximum Gasteiger partial charge on any atom is 0.472 e. The van der Waals surface area contributed by atoms with Gasteiger partial charge in [-0.3, -0.25) is 13.8 Å². The molecule has 10 heteroatoms. The van der Waals surface area contributed by atoms with Crippen molar-refractivity contribution in [1.82, 2.24) is 0 Å². The van der Waals surface area contributed by atoms with Gasteiger partial charge in [-0.1, -0.05) is 144 Å². The Balaban J connectivity index is 4.48. The first-order valence-electron chi connectivity index (χ1n) is 22.1. The van der Waals surface area contributed by atoms with Gasteiger partial charge >= 0.3 is 13.8 Å². The van der Waals surface area contributed by atoms with Crippen molar-refractivity contribution >= 4 is 13.8 Å². The lowest BCUT2D eigenvalue weighted by molar-refractivity contribution is -0.870. The number of unbranched alkanes of at least 4 members (excludes halogenated alkanes) is 11. The predicted molar refractivity (Wildman–Crippen MR) is 243 cm³/mol. The fraction of sp³-hybridized carbons (Fsp3) is 0.646. The molecule has 2 unspecified atom stereocenters. The summed E-state index contributed by atoms with van der Waals surface area (Å²) in [6.45, 7) is 4.56. The number of quaternary nitrogens is 1. The van der Waals surface area contributed by atoms with Crippen LogP contribution in [-0.2, 0) is 27.9 Å². The van der Waals surface area contributed by atoms with Crippen molar-refractivity contribution in [1.29, 1.82) is 0 Å². The summed E-state index contributed by atoms with van der Waals surface area (Å²) in [5, 5.41) is 9.84. The van der Waals surface area contributed by atoms with E-state index in [0.717, 1.165) is 51.4 Å². The Morgan fingerprint density at radius 3 is 1.84 bits per heavy atom. The van der Waals surface area contributed by atoms with Crippen molar-refractivity contribution < 1.29 is 42.4 Å². The van der Waals surface area contributed by atoms with Gasteiger partial charge in [0, 0.05) is 6.42 Å². The summed E-state index contributed by atoms with van der Waals surface area (Å²) in [6.07, 6.45) is 51.7. The Kier molecular flexibility index (Phi) is 37.8. The van der Waals surface area contributed by atoms with E-state index in [9.17, 15) is 19.4 Å². The molecule has 58 heavy (non-hydrogen) atoms. The molecule has 0 rings (SSSR count). The summed E-state index contributed by atoms with van der Waals surface area (Å²) >= 11 is 0. The summed E-state index contributed by atoms with van der Waals surface area (Å²) in [5.74, 6) is -0.378. The molecular weight excluding hydrogens is 750 g/mol. The number of hydrogen-bond donors (Lipinski definition) is 2. The number of hydrogen-bond acceptors (Lipinski definition) is 7. The molecule has 0 aromatic heterocycles. The van der Waals surface area contributed by atoms with Gasteiger partial charge in [-0.05, 0) is 83.1 Å². The number of aliphatic hydroxyl groups excluding tert-OH is 1. The summed E-state index contributed by atoms with van der Waals surface area (Å²) < 4.78 is 34.6. The molecule has 3 atom stereocenters. The third-order valence-electron chi connectivity index (χ3n) is 8.81. The van der Waals surface area contributed by atoms with Gasteiger partial charge in [-0.15, -0.1) is 0 Å². The molecule has 0 amide bonds. The highest BCUT2D eigenvalue weighted by molar-refractivity contribution is 7.47. The summed E-state index contributed by atoms with van der Waals surface area (Å²) in [4.78, 5) is 22.6. The maximum absolute atomic E-state index is 12.5. The normalized spacial score (nSPS) is 15.2. The topological polar surface area (TPSA) is 112 Å². The first-order chi connectivity index (χ1) is 28.0. The van der Waals surface area contributed by atoms with Crippen LogP contribution in [0.5, 0.6) is 0 Å². The van der Waals surface area contributed by atoms with E-state index < -0.39 is 20.0 Å². The summed E-state index contributed by atoms with van der Waals surface area (Å²) in [5.41, 5.74) is 0. The van der Waals surface area contributed by atoms with Crippen molar-refractivity contribution in [2.75, 3.05) is 47.5 Å². The predicted octanol–water partition coefficient (Wildman–Crippen LogP) is 12.4. The van der Waals surface area contributed by atoms with Gasteiger partial charge in [0.05, 0.1) is 40.1 Å². The van der Waals surface area contributed by atoms with Gasteiger partial charge in [-0.2, -0.15) is 0 Å². The first-order valence-corrected chi connectivity index (χ1v) is 23.6. The third-order valence-corrected chi connectivity index (χ3v) is 9.80. The molecule has 2 N–H and O–H groups in total. The number of phosphoric ester groups is 1. The van der Waals surface area contributed by atoms with Crippen LogP contribution in [0.3, 0.4) is 0 Å². The van der Waals surface area contributed by atoms with Crippen LogP contribution < -0.4 is 0 Å². The second-order valence-electron chi connectivity index (χ2n) is 15.6. The van der Waals surface area contributed by atoms with Crippen LogP contribution in [0.1, 0.15) is 142 Å². The third kappa shape index (κ3) is 42.8. The lowest BCUT2D eigenvalue weighted by Crippen LogP contribution is -2.37. The number of likely N-dealkylation sites (N-methyl/N-ethyl adjacent to an activating group) is 1. The van der Waals surface area contributed by atoms with E-state index >= 15 is 0 Å². The minimum absolute atomic E-state index is 0.0647. The second kappa shape index (κ2) is 39.7. The molecule has 0 spiro atoms. The smallest absolute Gasteiger partial charge is 0.472 e. The summed E-state index contributed by atoms with van der Waals surface area (Å²) in [6, 6.07) is 0. The summed E-state index contributed by atoms with van der Waals surface area (Å²) in [7, 11) is 1.59. The number of carbonyl (C=O) groups is 1. The molecule has 0 saturated heterocycles. The molecule has 9 nitrogen and oxygen atoms in total. The number of carbonyl (C=O) groups excluding carboxylic acids is 1. The Morgan fingerprint density at radius 1 is 0.655 bits per heavy atom. The van der Waals surface area contributed by atoms with Gasteiger partial charge in [0.1, 0.15) is 19.8 Å². The fourth-order valence-electron chi connectivity index (χ4n) is 5.29. The second-order valence-corrected chi connectivity index (χ2v) is 17.1. The molecule has 0 aliphatic carbocycles. The SMILES string of the molecule is CC/C=C\CC(O)/C=C/C=C/C/C=C\C/C=C\C/C=C\CCC(=O)OC[C@H](COP(=O)(O)OCC[N+](C)(C)C)O/C=C/CCCCCC/C=C\CCCCCCCC.